The summed E-state index contributed by atoms with van der Waals surface area (Å²) in [5, 5.41) is 1.71. The van der Waals surface area contributed by atoms with Crippen molar-refractivity contribution in [3.8, 4) is 0 Å². The first-order valence-corrected chi connectivity index (χ1v) is 4.93. The normalized spacial score (nSPS) is 18.5. The van der Waals surface area contributed by atoms with Gasteiger partial charge in [0.15, 0.2) is 0 Å². The molecule has 0 heterocycles. The maximum atomic E-state index is 11.8. The zero-order valence-electron chi connectivity index (χ0n) is 9.05. The Balaban J connectivity index is 2.51. The van der Waals surface area contributed by atoms with Crippen LogP contribution in [0.15, 0.2) is 0 Å². The van der Waals surface area contributed by atoms with E-state index in [0.717, 1.165) is 0 Å². The molecule has 1 aliphatic rings. The zero-order chi connectivity index (χ0) is 10.1. The fourth-order valence-corrected chi connectivity index (χ4v) is 1.66. The fraction of sp³-hybridized carbons (Fsp3) is 0.900. The van der Waals surface area contributed by atoms with Crippen LogP contribution in [0, 0.1) is 11.3 Å². The highest BCUT2D eigenvalue weighted by molar-refractivity contribution is 5.81. The van der Waals surface area contributed by atoms with Crippen LogP contribution >= 0.6 is 0 Å². The number of rotatable bonds is 3. The van der Waals surface area contributed by atoms with Crippen LogP contribution < -0.4 is 5.43 Å². The highest BCUT2D eigenvalue weighted by Gasteiger charge is 2.39. The Bertz CT molecular complexity index is 195. The molecule has 3 heteroatoms. The van der Waals surface area contributed by atoms with E-state index in [-0.39, 0.29) is 11.3 Å². The second-order valence-corrected chi connectivity index (χ2v) is 4.68. The molecule has 1 fully saturated rings. The Kier molecular flexibility index (Phi) is 2.96. The molecular weight excluding hydrogens is 164 g/mol. The quantitative estimate of drug-likeness (QED) is 0.672. The number of hydrazine groups is 1. The van der Waals surface area contributed by atoms with Gasteiger partial charge in [0.05, 0.1) is 0 Å². The molecule has 3 nitrogen and oxygen atoms in total. The molecule has 0 unspecified atom stereocenters. The van der Waals surface area contributed by atoms with Gasteiger partial charge in [-0.05, 0) is 18.8 Å². The fourth-order valence-electron chi connectivity index (χ4n) is 1.66. The smallest absolute Gasteiger partial charge is 0.240 e. The van der Waals surface area contributed by atoms with Gasteiger partial charge < -0.3 is 0 Å². The maximum Gasteiger partial charge on any atom is 0.240 e. The van der Waals surface area contributed by atoms with Crippen LogP contribution in [0.3, 0.4) is 0 Å². The largest absolute Gasteiger partial charge is 0.289 e. The highest BCUT2D eigenvalue weighted by Crippen LogP contribution is 2.41. The molecule has 1 amide bonds. The molecule has 0 radical (unpaired) electrons. The lowest BCUT2D eigenvalue weighted by Gasteiger charge is -2.39. The van der Waals surface area contributed by atoms with E-state index < -0.39 is 0 Å². The van der Waals surface area contributed by atoms with Crippen LogP contribution in [0.25, 0.3) is 0 Å². The first-order valence-electron chi connectivity index (χ1n) is 4.93. The van der Waals surface area contributed by atoms with Crippen molar-refractivity contribution in [3.63, 3.8) is 0 Å². The third-order valence-corrected chi connectivity index (χ3v) is 3.04. The van der Waals surface area contributed by atoms with Gasteiger partial charge in [0.2, 0.25) is 5.91 Å². The number of hydrogen-bond acceptors (Lipinski definition) is 2. The van der Waals surface area contributed by atoms with Gasteiger partial charge in [0.25, 0.3) is 0 Å². The van der Waals surface area contributed by atoms with Crippen molar-refractivity contribution in [2.75, 3.05) is 14.1 Å². The maximum absolute atomic E-state index is 11.8. The van der Waals surface area contributed by atoms with Crippen LogP contribution in [0.1, 0.15) is 33.1 Å². The summed E-state index contributed by atoms with van der Waals surface area (Å²) in [4.78, 5) is 11.8. The number of amides is 1. The first-order chi connectivity index (χ1) is 5.94. The van der Waals surface area contributed by atoms with Crippen LogP contribution in [0.4, 0.5) is 0 Å². The number of nitrogens with zero attached hydrogens (tertiary/aromatic N) is 1. The van der Waals surface area contributed by atoms with Gasteiger partial charge in [0.1, 0.15) is 0 Å². The standard InChI is InChI=1S/C10H20N2O/c1-10(2,8-6-5-7-8)9(13)11-12(3)4/h8H,5-7H2,1-4H3,(H,11,13). The molecular formula is C10H20N2O. The molecule has 1 aliphatic carbocycles. The number of carbonyl (C=O) groups is 1. The Morgan fingerprint density at radius 2 is 1.92 bits per heavy atom. The van der Waals surface area contributed by atoms with Gasteiger partial charge in [0, 0.05) is 19.5 Å². The van der Waals surface area contributed by atoms with E-state index in [0.29, 0.717) is 5.92 Å². The summed E-state index contributed by atoms with van der Waals surface area (Å²) in [5.41, 5.74) is 2.62. The minimum Gasteiger partial charge on any atom is -0.289 e. The van der Waals surface area contributed by atoms with Crippen LogP contribution in [0.2, 0.25) is 0 Å². The van der Waals surface area contributed by atoms with E-state index in [2.05, 4.69) is 5.43 Å². The average Bonchev–Trinajstić information content (AvgIpc) is 1.79. The molecule has 76 valence electrons. The van der Waals surface area contributed by atoms with Gasteiger partial charge in [-0.1, -0.05) is 20.3 Å². The molecule has 0 aliphatic heterocycles. The summed E-state index contributed by atoms with van der Waals surface area (Å²) in [6, 6.07) is 0. The molecule has 0 spiro atoms. The second-order valence-electron chi connectivity index (χ2n) is 4.68. The predicted octanol–water partition coefficient (Wildman–Crippen LogP) is 1.41. The van der Waals surface area contributed by atoms with Gasteiger partial charge in [-0.2, -0.15) is 0 Å². The molecule has 0 saturated heterocycles. The summed E-state index contributed by atoms with van der Waals surface area (Å²) in [5.74, 6) is 0.717. The second kappa shape index (κ2) is 3.66. The van der Waals surface area contributed by atoms with Crippen LogP contribution in [-0.4, -0.2) is 25.0 Å². The van der Waals surface area contributed by atoms with Crippen molar-refractivity contribution < 1.29 is 4.79 Å². The summed E-state index contributed by atoms with van der Waals surface area (Å²) < 4.78 is 0. The molecule has 1 saturated carbocycles. The van der Waals surface area contributed by atoms with E-state index in [1.807, 2.05) is 27.9 Å². The summed E-state index contributed by atoms with van der Waals surface area (Å²) in [6.45, 7) is 4.07. The van der Waals surface area contributed by atoms with E-state index >= 15 is 0 Å². The molecule has 1 N–H and O–H groups in total. The van der Waals surface area contributed by atoms with E-state index in [1.54, 1.807) is 5.01 Å². The Morgan fingerprint density at radius 1 is 1.38 bits per heavy atom. The highest BCUT2D eigenvalue weighted by atomic mass is 16.2. The lowest BCUT2D eigenvalue weighted by molar-refractivity contribution is -0.138. The summed E-state index contributed by atoms with van der Waals surface area (Å²) >= 11 is 0. The molecule has 0 bridgehead atoms. The number of hydrogen-bond donors (Lipinski definition) is 1. The van der Waals surface area contributed by atoms with Gasteiger partial charge in [-0.15, -0.1) is 0 Å². The van der Waals surface area contributed by atoms with Crippen molar-refractivity contribution in [2.24, 2.45) is 11.3 Å². The Labute approximate surface area is 80.5 Å². The zero-order valence-corrected chi connectivity index (χ0v) is 9.05. The van der Waals surface area contributed by atoms with Gasteiger partial charge >= 0.3 is 0 Å². The third-order valence-electron chi connectivity index (χ3n) is 3.04. The van der Waals surface area contributed by atoms with Gasteiger partial charge in [-0.25, -0.2) is 5.01 Å². The minimum atomic E-state index is -0.206. The van der Waals surface area contributed by atoms with Crippen LogP contribution in [-0.2, 0) is 4.79 Å². The molecule has 0 aromatic heterocycles. The Morgan fingerprint density at radius 3 is 2.23 bits per heavy atom. The van der Waals surface area contributed by atoms with Crippen molar-refractivity contribution in [1.82, 2.24) is 10.4 Å². The lowest BCUT2D eigenvalue weighted by Crippen LogP contribution is -2.48. The van der Waals surface area contributed by atoms with Crippen molar-refractivity contribution in [2.45, 2.75) is 33.1 Å². The first kappa shape index (κ1) is 10.5. The number of nitrogens with one attached hydrogen (secondary N) is 1. The van der Waals surface area contributed by atoms with E-state index in [9.17, 15) is 4.79 Å². The molecule has 0 atom stereocenters. The summed E-state index contributed by atoms with van der Waals surface area (Å²) in [7, 11) is 3.68. The minimum absolute atomic E-state index is 0.141. The topological polar surface area (TPSA) is 32.3 Å². The molecule has 0 aromatic rings. The summed E-state index contributed by atoms with van der Waals surface area (Å²) in [6.07, 6.45) is 3.69. The monoisotopic (exact) mass is 184 g/mol. The molecule has 1 rings (SSSR count). The Hall–Kier alpha value is -0.570. The third kappa shape index (κ3) is 2.21. The van der Waals surface area contributed by atoms with E-state index in [1.165, 1.54) is 19.3 Å². The van der Waals surface area contributed by atoms with E-state index in [4.69, 9.17) is 0 Å². The lowest BCUT2D eigenvalue weighted by atomic mass is 9.67. The van der Waals surface area contributed by atoms with Crippen molar-refractivity contribution in [3.05, 3.63) is 0 Å². The molecule has 0 aromatic carbocycles. The number of carbonyl (C=O) groups excluding carboxylic acids is 1. The van der Waals surface area contributed by atoms with Crippen molar-refractivity contribution >= 4 is 5.91 Å². The average molecular weight is 184 g/mol. The van der Waals surface area contributed by atoms with Gasteiger partial charge in [-0.3, -0.25) is 10.2 Å². The predicted molar refractivity (Wildman–Crippen MR) is 53.0 cm³/mol. The SMILES string of the molecule is CN(C)NC(=O)C(C)(C)C1CCC1. The molecule has 13 heavy (non-hydrogen) atoms. The van der Waals surface area contributed by atoms with Crippen molar-refractivity contribution in [1.29, 1.82) is 0 Å². The van der Waals surface area contributed by atoms with Crippen LogP contribution in [0.5, 0.6) is 0 Å².